The van der Waals surface area contributed by atoms with Gasteiger partial charge in [0.25, 0.3) is 0 Å². The Hall–Kier alpha value is -0.320. The molecule has 2 nitrogen and oxygen atoms in total. The van der Waals surface area contributed by atoms with Crippen LogP contribution in [0.15, 0.2) is 0 Å². The van der Waals surface area contributed by atoms with Crippen LogP contribution in [0.25, 0.3) is 0 Å². The summed E-state index contributed by atoms with van der Waals surface area (Å²) in [4.78, 5) is 4.61. The van der Waals surface area contributed by atoms with Crippen LogP contribution in [0, 0.1) is 9.02 Å². The highest BCUT2D eigenvalue weighted by atomic mass is 32.1. The van der Waals surface area contributed by atoms with Gasteiger partial charge in [0.05, 0.1) is 14.7 Å². The van der Waals surface area contributed by atoms with Crippen molar-refractivity contribution in [3.8, 4) is 0 Å². The van der Waals surface area contributed by atoms with Gasteiger partial charge in [-0.2, -0.15) is 0 Å². The molecule has 0 N–H and O–H groups in total. The highest BCUT2D eigenvalue weighted by molar-refractivity contribution is 7.74. The van der Waals surface area contributed by atoms with Crippen molar-refractivity contribution < 1.29 is 0 Å². The smallest absolute Gasteiger partial charge is 0.0798 e. The Kier molecular flexibility index (Phi) is 5.65. The van der Waals surface area contributed by atoms with Crippen LogP contribution in [0.3, 0.4) is 0 Å². The Bertz CT molecular complexity index is 493. The molecule has 0 fully saturated rings. The van der Waals surface area contributed by atoms with Gasteiger partial charge in [0.2, 0.25) is 0 Å². The van der Waals surface area contributed by atoms with Gasteiger partial charge in [-0.25, -0.2) is 0 Å². The molecule has 1 rings (SSSR count). The van der Waals surface area contributed by atoms with Gasteiger partial charge >= 0.3 is 0 Å². The molecule has 108 valence electrons. The summed E-state index contributed by atoms with van der Waals surface area (Å²) < 4.78 is 1.78. The second kappa shape index (κ2) is 6.42. The van der Waals surface area contributed by atoms with Gasteiger partial charge in [0, 0.05) is 19.2 Å². The normalized spacial score (nSPS) is 12.4. The van der Waals surface area contributed by atoms with Crippen molar-refractivity contribution in [2.24, 2.45) is 0 Å². The third-order valence-corrected chi connectivity index (χ3v) is 4.53. The van der Waals surface area contributed by atoms with E-state index in [1.54, 1.807) is 0 Å². The van der Waals surface area contributed by atoms with Crippen molar-refractivity contribution in [2.75, 3.05) is 38.6 Å². The fourth-order valence-corrected chi connectivity index (χ4v) is 3.15. The second-order valence-electron chi connectivity index (χ2n) is 6.30. The Balaban J connectivity index is 2.74. The lowest BCUT2D eigenvalue weighted by molar-refractivity contribution is 0.348. The van der Waals surface area contributed by atoms with Gasteiger partial charge in [0.1, 0.15) is 0 Å². The van der Waals surface area contributed by atoms with Crippen molar-refractivity contribution in [3.05, 3.63) is 14.6 Å². The first-order valence-corrected chi connectivity index (χ1v) is 7.75. The fraction of sp³-hybridized carbons (Fsp3) is 0.733. The van der Waals surface area contributed by atoms with Crippen LogP contribution in [-0.4, -0.2) is 38.6 Å². The summed E-state index contributed by atoms with van der Waals surface area (Å²) in [5.74, 6) is 0. The van der Waals surface area contributed by atoms with Crippen molar-refractivity contribution >= 4 is 30.1 Å². The molecule has 0 heterocycles. The van der Waals surface area contributed by atoms with E-state index in [1.165, 1.54) is 11.3 Å². The molecule has 0 saturated carbocycles. The van der Waals surface area contributed by atoms with Crippen molar-refractivity contribution in [3.63, 3.8) is 0 Å². The molecule has 0 amide bonds. The number of rotatable bonds is 6. The van der Waals surface area contributed by atoms with Gasteiger partial charge in [0.15, 0.2) is 0 Å². The summed E-state index contributed by atoms with van der Waals surface area (Å²) in [7, 11) is 4.28. The van der Waals surface area contributed by atoms with Gasteiger partial charge in [-0.15, -0.1) is 0 Å². The Morgan fingerprint density at radius 3 is 2.05 bits per heavy atom. The quantitative estimate of drug-likeness (QED) is 0.729. The SMILES string of the molecule is CCN(C)CCCN(C)c1c(C(C)(C)C)c(=S)c1=S. The minimum Gasteiger partial charge on any atom is -0.373 e. The third-order valence-electron chi connectivity index (χ3n) is 3.59. The van der Waals surface area contributed by atoms with Crippen molar-refractivity contribution in [1.82, 2.24) is 4.90 Å². The molecule has 0 aromatic heterocycles. The lowest BCUT2D eigenvalue weighted by Crippen LogP contribution is -2.29. The van der Waals surface area contributed by atoms with Crippen LogP contribution in [0.4, 0.5) is 5.69 Å². The highest BCUT2D eigenvalue weighted by Crippen LogP contribution is 2.38. The number of anilines is 1. The molecule has 0 unspecified atom stereocenters. The lowest BCUT2D eigenvalue weighted by atomic mass is 9.83. The minimum atomic E-state index is 0.0865. The monoisotopic (exact) mass is 298 g/mol. The molecular weight excluding hydrogens is 272 g/mol. The molecular formula is C15H26N2S2. The number of hydrogen-bond acceptors (Lipinski definition) is 4. The van der Waals surface area contributed by atoms with E-state index in [2.05, 4.69) is 51.6 Å². The van der Waals surface area contributed by atoms with E-state index in [-0.39, 0.29) is 5.41 Å². The van der Waals surface area contributed by atoms with Gasteiger partial charge in [-0.05, 0) is 32.0 Å². The van der Waals surface area contributed by atoms with E-state index < -0.39 is 0 Å². The standard InChI is InChI=1S/C15H26N2S2/c1-7-16(5)9-8-10-17(6)12-11(15(2,3)4)13(18)14(12)19/h7-10H2,1-6H3. The largest absolute Gasteiger partial charge is 0.373 e. The zero-order valence-electron chi connectivity index (χ0n) is 13.0. The van der Waals surface area contributed by atoms with E-state index in [4.69, 9.17) is 24.4 Å². The summed E-state index contributed by atoms with van der Waals surface area (Å²) in [6, 6.07) is 0. The first-order chi connectivity index (χ1) is 8.70. The second-order valence-corrected chi connectivity index (χ2v) is 7.12. The first-order valence-electron chi connectivity index (χ1n) is 6.93. The van der Waals surface area contributed by atoms with E-state index >= 15 is 0 Å². The molecule has 4 heteroatoms. The van der Waals surface area contributed by atoms with Crippen molar-refractivity contribution in [2.45, 2.75) is 39.5 Å². The molecule has 0 saturated heterocycles. The van der Waals surface area contributed by atoms with Gasteiger partial charge in [-0.3, -0.25) is 0 Å². The highest BCUT2D eigenvalue weighted by Gasteiger charge is 2.27. The molecule has 19 heavy (non-hydrogen) atoms. The van der Waals surface area contributed by atoms with Crippen LogP contribution >= 0.6 is 24.4 Å². The average Bonchev–Trinajstić information content (AvgIpc) is 2.32. The maximum Gasteiger partial charge on any atom is 0.0798 e. The zero-order valence-corrected chi connectivity index (χ0v) is 14.7. The Morgan fingerprint density at radius 2 is 1.58 bits per heavy atom. The minimum absolute atomic E-state index is 0.0865. The maximum absolute atomic E-state index is 5.42. The molecule has 0 bridgehead atoms. The molecule has 0 radical (unpaired) electrons. The number of hydrogen-bond donors (Lipinski definition) is 0. The molecule has 0 aliphatic heterocycles. The molecule has 1 aromatic rings. The zero-order chi connectivity index (χ0) is 14.8. The predicted molar refractivity (Wildman–Crippen MR) is 90.2 cm³/mol. The maximum atomic E-state index is 5.42. The molecule has 1 aromatic carbocycles. The van der Waals surface area contributed by atoms with E-state index in [1.807, 2.05) is 0 Å². The molecule has 0 atom stereocenters. The topological polar surface area (TPSA) is 6.48 Å². The molecule has 0 spiro atoms. The number of nitrogens with zero attached hydrogens (tertiary/aromatic N) is 2. The molecule has 0 aliphatic rings. The van der Waals surface area contributed by atoms with E-state index in [0.29, 0.717) is 0 Å². The van der Waals surface area contributed by atoms with Crippen LogP contribution in [0.1, 0.15) is 39.7 Å². The summed E-state index contributed by atoms with van der Waals surface area (Å²) in [6.07, 6.45) is 1.15. The Morgan fingerprint density at radius 1 is 1.00 bits per heavy atom. The average molecular weight is 299 g/mol. The fourth-order valence-electron chi connectivity index (χ4n) is 2.29. The third kappa shape index (κ3) is 3.83. The summed E-state index contributed by atoms with van der Waals surface area (Å²) >= 11 is 10.8. The van der Waals surface area contributed by atoms with Gasteiger partial charge in [-0.1, -0.05) is 52.1 Å². The Labute approximate surface area is 128 Å². The van der Waals surface area contributed by atoms with Crippen LogP contribution in [0.5, 0.6) is 0 Å². The molecule has 0 aliphatic carbocycles. The van der Waals surface area contributed by atoms with Crippen molar-refractivity contribution in [1.29, 1.82) is 0 Å². The summed E-state index contributed by atoms with van der Waals surface area (Å²) in [5.41, 5.74) is 2.55. The summed E-state index contributed by atoms with van der Waals surface area (Å²) in [6.45, 7) is 12.0. The predicted octanol–water partition coefficient (Wildman–Crippen LogP) is 4.10. The lowest BCUT2D eigenvalue weighted by Gasteiger charge is -2.32. The van der Waals surface area contributed by atoms with Gasteiger partial charge < -0.3 is 9.80 Å². The first kappa shape index (κ1) is 16.7. The van der Waals surface area contributed by atoms with E-state index in [9.17, 15) is 0 Å². The van der Waals surface area contributed by atoms with Crippen LogP contribution in [-0.2, 0) is 5.41 Å². The van der Waals surface area contributed by atoms with E-state index in [0.717, 1.165) is 35.1 Å². The van der Waals surface area contributed by atoms with Crippen LogP contribution in [0.2, 0.25) is 0 Å². The summed E-state index contributed by atoms with van der Waals surface area (Å²) in [5, 5.41) is 0. The van der Waals surface area contributed by atoms with Crippen LogP contribution < -0.4 is 4.90 Å².